The van der Waals surface area contributed by atoms with E-state index < -0.39 is 16.8 Å². The Kier molecular flexibility index (Phi) is 6.32. The molecule has 0 aromatic heterocycles. The van der Waals surface area contributed by atoms with E-state index in [0.29, 0.717) is 37.4 Å². The fraction of sp³-hybridized carbons (Fsp3) is 0.833. The Morgan fingerprint density at radius 1 is 1.39 bits per heavy atom. The molecule has 0 saturated carbocycles. The van der Waals surface area contributed by atoms with Crippen LogP contribution < -0.4 is 5.32 Å². The average Bonchev–Trinajstić information content (AvgIpc) is 2.48. The highest BCUT2D eigenvalue weighted by Gasteiger charge is 2.28. The standard InChI is InChI=1S/C12H22N2O3S/c1-3-5-10-12(16)14(7-6-11(15)13-10)8-9-18(17)4-2/h10H,3-9H2,1-2H3,(H,13,15). The van der Waals surface area contributed by atoms with Crippen molar-refractivity contribution in [1.82, 2.24) is 10.2 Å². The van der Waals surface area contributed by atoms with Gasteiger partial charge in [0.1, 0.15) is 6.04 Å². The lowest BCUT2D eigenvalue weighted by Gasteiger charge is -2.23. The van der Waals surface area contributed by atoms with Gasteiger partial charge in [0.25, 0.3) is 0 Å². The lowest BCUT2D eigenvalue weighted by Crippen LogP contribution is -2.45. The molecule has 2 atom stereocenters. The molecule has 2 amide bonds. The van der Waals surface area contributed by atoms with Gasteiger partial charge in [-0.05, 0) is 6.42 Å². The van der Waals surface area contributed by atoms with Crippen LogP contribution in [-0.4, -0.2) is 51.6 Å². The van der Waals surface area contributed by atoms with Crippen LogP contribution in [0.3, 0.4) is 0 Å². The number of nitrogens with one attached hydrogen (secondary N) is 1. The smallest absolute Gasteiger partial charge is 0.245 e. The first-order valence-electron chi connectivity index (χ1n) is 6.51. The second-order valence-electron chi connectivity index (χ2n) is 4.42. The highest BCUT2D eigenvalue weighted by molar-refractivity contribution is 7.84. The Bertz CT molecular complexity index is 333. The lowest BCUT2D eigenvalue weighted by molar-refractivity contribution is -0.133. The van der Waals surface area contributed by atoms with E-state index in [9.17, 15) is 13.8 Å². The van der Waals surface area contributed by atoms with Gasteiger partial charge >= 0.3 is 0 Å². The summed E-state index contributed by atoms with van der Waals surface area (Å²) < 4.78 is 11.4. The van der Waals surface area contributed by atoms with Crippen LogP contribution in [0.25, 0.3) is 0 Å². The first-order chi connectivity index (χ1) is 8.58. The summed E-state index contributed by atoms with van der Waals surface area (Å²) in [5, 5.41) is 2.76. The third-order valence-corrected chi connectivity index (χ3v) is 4.32. The normalized spacial score (nSPS) is 22.6. The van der Waals surface area contributed by atoms with Gasteiger partial charge in [0.15, 0.2) is 0 Å². The van der Waals surface area contributed by atoms with Gasteiger partial charge in [-0.2, -0.15) is 0 Å². The molecule has 1 saturated heterocycles. The molecule has 1 fully saturated rings. The predicted octanol–water partition coefficient (Wildman–Crippen LogP) is 0.272. The van der Waals surface area contributed by atoms with Crippen molar-refractivity contribution in [2.45, 2.75) is 39.2 Å². The minimum absolute atomic E-state index is 0.0317. The molecule has 18 heavy (non-hydrogen) atoms. The van der Waals surface area contributed by atoms with E-state index in [-0.39, 0.29) is 11.8 Å². The maximum absolute atomic E-state index is 12.2. The molecule has 1 N–H and O–H groups in total. The van der Waals surface area contributed by atoms with Gasteiger partial charge in [0.2, 0.25) is 11.8 Å². The molecule has 0 aromatic rings. The van der Waals surface area contributed by atoms with E-state index in [1.807, 2.05) is 13.8 Å². The van der Waals surface area contributed by atoms with Crippen molar-refractivity contribution in [3.05, 3.63) is 0 Å². The Balaban J connectivity index is 2.62. The van der Waals surface area contributed by atoms with E-state index in [2.05, 4.69) is 5.32 Å². The third kappa shape index (κ3) is 4.40. The Morgan fingerprint density at radius 3 is 2.72 bits per heavy atom. The second-order valence-corrected chi connectivity index (χ2v) is 6.28. The molecule has 1 aliphatic rings. The van der Waals surface area contributed by atoms with Gasteiger partial charge in [-0.3, -0.25) is 13.8 Å². The van der Waals surface area contributed by atoms with E-state index in [0.717, 1.165) is 6.42 Å². The zero-order chi connectivity index (χ0) is 13.5. The number of carbonyl (C=O) groups excluding carboxylic acids is 2. The lowest BCUT2D eigenvalue weighted by atomic mass is 10.1. The maximum atomic E-state index is 12.2. The van der Waals surface area contributed by atoms with E-state index in [1.165, 1.54) is 0 Å². The number of hydrogen-bond acceptors (Lipinski definition) is 3. The molecule has 0 radical (unpaired) electrons. The van der Waals surface area contributed by atoms with Gasteiger partial charge in [0, 0.05) is 41.8 Å². The molecule has 104 valence electrons. The fourth-order valence-corrected chi connectivity index (χ4v) is 2.67. The summed E-state index contributed by atoms with van der Waals surface area (Å²) in [6.07, 6.45) is 1.86. The molecule has 5 nitrogen and oxygen atoms in total. The quantitative estimate of drug-likeness (QED) is 0.756. The van der Waals surface area contributed by atoms with Crippen molar-refractivity contribution < 1.29 is 13.8 Å². The van der Waals surface area contributed by atoms with E-state index in [4.69, 9.17) is 0 Å². The molecule has 0 aliphatic carbocycles. The SMILES string of the molecule is CCCC1NC(=O)CCN(CCS(=O)CC)C1=O. The molecule has 0 spiro atoms. The van der Waals surface area contributed by atoms with Crippen LogP contribution in [0.1, 0.15) is 33.1 Å². The van der Waals surface area contributed by atoms with Gasteiger partial charge in [-0.15, -0.1) is 0 Å². The van der Waals surface area contributed by atoms with E-state index >= 15 is 0 Å². The Hall–Kier alpha value is -0.910. The fourth-order valence-electron chi connectivity index (χ4n) is 1.96. The zero-order valence-electron chi connectivity index (χ0n) is 11.1. The number of nitrogens with zero attached hydrogens (tertiary/aromatic N) is 1. The molecule has 1 heterocycles. The van der Waals surface area contributed by atoms with Gasteiger partial charge < -0.3 is 10.2 Å². The second kappa shape index (κ2) is 7.51. The first kappa shape index (κ1) is 15.1. The Morgan fingerprint density at radius 2 is 2.11 bits per heavy atom. The topological polar surface area (TPSA) is 66.5 Å². The van der Waals surface area contributed by atoms with Crippen LogP contribution in [0.2, 0.25) is 0 Å². The molecule has 0 bridgehead atoms. The summed E-state index contributed by atoms with van der Waals surface area (Å²) in [6, 6.07) is -0.403. The predicted molar refractivity (Wildman–Crippen MR) is 71.6 cm³/mol. The van der Waals surface area contributed by atoms with Crippen molar-refractivity contribution in [1.29, 1.82) is 0 Å². The van der Waals surface area contributed by atoms with Crippen LogP contribution in [-0.2, 0) is 20.4 Å². The number of amides is 2. The number of rotatable bonds is 6. The van der Waals surface area contributed by atoms with Gasteiger partial charge in [0.05, 0.1) is 0 Å². The summed E-state index contributed by atoms with van der Waals surface area (Å²) in [5.41, 5.74) is 0. The van der Waals surface area contributed by atoms with Crippen LogP contribution in [0.5, 0.6) is 0 Å². The number of hydrogen-bond donors (Lipinski definition) is 1. The minimum Gasteiger partial charge on any atom is -0.344 e. The minimum atomic E-state index is -0.872. The van der Waals surface area contributed by atoms with Crippen molar-refractivity contribution in [2.24, 2.45) is 0 Å². The Labute approximate surface area is 111 Å². The molecule has 1 rings (SSSR count). The van der Waals surface area contributed by atoms with Crippen LogP contribution in [0.4, 0.5) is 0 Å². The highest BCUT2D eigenvalue weighted by atomic mass is 32.2. The average molecular weight is 274 g/mol. The number of carbonyl (C=O) groups is 2. The highest BCUT2D eigenvalue weighted by Crippen LogP contribution is 2.08. The van der Waals surface area contributed by atoms with Gasteiger partial charge in [-0.25, -0.2) is 0 Å². The molecular formula is C12H22N2O3S. The molecule has 2 unspecified atom stereocenters. The molecule has 0 aromatic carbocycles. The van der Waals surface area contributed by atoms with Crippen LogP contribution >= 0.6 is 0 Å². The van der Waals surface area contributed by atoms with Crippen molar-refractivity contribution in [3.63, 3.8) is 0 Å². The monoisotopic (exact) mass is 274 g/mol. The first-order valence-corrected chi connectivity index (χ1v) is 8.00. The van der Waals surface area contributed by atoms with Crippen molar-refractivity contribution in [3.8, 4) is 0 Å². The van der Waals surface area contributed by atoms with E-state index in [1.54, 1.807) is 4.90 Å². The van der Waals surface area contributed by atoms with Crippen LogP contribution in [0.15, 0.2) is 0 Å². The zero-order valence-corrected chi connectivity index (χ0v) is 11.9. The largest absolute Gasteiger partial charge is 0.344 e. The summed E-state index contributed by atoms with van der Waals surface area (Å²) in [4.78, 5) is 25.4. The summed E-state index contributed by atoms with van der Waals surface area (Å²) >= 11 is 0. The third-order valence-electron chi connectivity index (χ3n) is 3.04. The van der Waals surface area contributed by atoms with Crippen LogP contribution in [0, 0.1) is 0 Å². The molecular weight excluding hydrogens is 252 g/mol. The molecule has 6 heteroatoms. The summed E-state index contributed by atoms with van der Waals surface area (Å²) in [6.45, 7) is 4.77. The van der Waals surface area contributed by atoms with Crippen molar-refractivity contribution >= 4 is 22.6 Å². The maximum Gasteiger partial charge on any atom is 0.245 e. The van der Waals surface area contributed by atoms with Crippen molar-refractivity contribution in [2.75, 3.05) is 24.6 Å². The van der Waals surface area contributed by atoms with Gasteiger partial charge in [-0.1, -0.05) is 20.3 Å². The summed E-state index contributed by atoms with van der Waals surface area (Å²) in [7, 11) is -0.872. The molecule has 1 aliphatic heterocycles. The summed E-state index contributed by atoms with van der Waals surface area (Å²) in [5.74, 6) is 1.00.